The summed E-state index contributed by atoms with van der Waals surface area (Å²) >= 11 is 3.43. The summed E-state index contributed by atoms with van der Waals surface area (Å²) in [5.74, 6) is 0.583. The Morgan fingerprint density at radius 3 is 2.77 bits per heavy atom. The van der Waals surface area contributed by atoms with E-state index in [-0.39, 0.29) is 17.8 Å². The van der Waals surface area contributed by atoms with Crippen LogP contribution in [0.25, 0.3) is 5.82 Å². The molecule has 0 spiro atoms. The molecule has 1 aliphatic rings. The first-order valence-electron chi connectivity index (χ1n) is 9.05. The van der Waals surface area contributed by atoms with Crippen molar-refractivity contribution in [3.8, 4) is 11.6 Å². The minimum absolute atomic E-state index is 0.194. The van der Waals surface area contributed by atoms with Crippen LogP contribution in [0.15, 0.2) is 47.2 Å². The number of carbonyl (C=O) groups excluding carboxylic acids is 1. The van der Waals surface area contributed by atoms with E-state index in [1.165, 1.54) is 16.9 Å². The smallest absolute Gasteiger partial charge is 0.417 e. The van der Waals surface area contributed by atoms with Crippen molar-refractivity contribution in [3.05, 3.63) is 69.6 Å². The molecule has 3 aromatic rings. The molecule has 1 aromatic carbocycles. The number of alkyl halides is 3. The van der Waals surface area contributed by atoms with Crippen LogP contribution >= 0.6 is 15.9 Å². The van der Waals surface area contributed by atoms with Crippen LogP contribution < -0.4 is 10.1 Å². The van der Waals surface area contributed by atoms with Gasteiger partial charge in [0.05, 0.1) is 35.7 Å². The molecular weight excluding hydrogens is 465 g/mol. The number of benzene rings is 1. The van der Waals surface area contributed by atoms with E-state index in [1.807, 2.05) is 18.2 Å². The quantitative estimate of drug-likeness (QED) is 0.594. The summed E-state index contributed by atoms with van der Waals surface area (Å²) in [5.41, 5.74) is 0.817. The van der Waals surface area contributed by atoms with Gasteiger partial charge in [-0.2, -0.15) is 18.3 Å². The van der Waals surface area contributed by atoms with Gasteiger partial charge in [-0.1, -0.05) is 15.9 Å². The van der Waals surface area contributed by atoms with E-state index in [1.54, 1.807) is 6.92 Å². The van der Waals surface area contributed by atoms with Crippen LogP contribution in [0.4, 0.5) is 13.2 Å². The lowest BCUT2D eigenvalue weighted by Gasteiger charge is -2.26. The molecule has 0 saturated carbocycles. The highest BCUT2D eigenvalue weighted by molar-refractivity contribution is 9.10. The normalized spacial score (nSPS) is 16.0. The minimum atomic E-state index is -4.47. The number of pyridine rings is 1. The third-order valence-electron chi connectivity index (χ3n) is 4.86. The van der Waals surface area contributed by atoms with Crippen molar-refractivity contribution in [2.24, 2.45) is 0 Å². The van der Waals surface area contributed by atoms with Gasteiger partial charge in [0.2, 0.25) is 0 Å². The standard InChI is InChI=1S/C20H16BrF3N4O2/c1-11-15(10-26-28(11)18-5-2-12(9-25-18)20(22,23)24)19(29)27-16-6-7-30-17-4-3-13(21)8-14(16)17/h2-5,8-10,16H,6-7H2,1H3,(H,27,29). The van der Waals surface area contributed by atoms with E-state index >= 15 is 0 Å². The van der Waals surface area contributed by atoms with Crippen LogP contribution in [0, 0.1) is 6.92 Å². The molecule has 1 atom stereocenters. The number of rotatable bonds is 3. The fourth-order valence-electron chi connectivity index (χ4n) is 3.29. The van der Waals surface area contributed by atoms with E-state index in [0.717, 1.165) is 28.0 Å². The average Bonchev–Trinajstić information content (AvgIpc) is 3.09. The zero-order valence-corrected chi connectivity index (χ0v) is 17.3. The van der Waals surface area contributed by atoms with Gasteiger partial charge < -0.3 is 10.1 Å². The predicted molar refractivity (Wildman–Crippen MR) is 106 cm³/mol. The van der Waals surface area contributed by atoms with Gasteiger partial charge >= 0.3 is 6.18 Å². The number of hydrogen-bond acceptors (Lipinski definition) is 4. The number of ether oxygens (including phenoxy) is 1. The summed E-state index contributed by atoms with van der Waals surface area (Å²) in [6.45, 7) is 2.14. The van der Waals surface area contributed by atoms with E-state index in [9.17, 15) is 18.0 Å². The Morgan fingerprint density at radius 1 is 1.27 bits per heavy atom. The first kappa shape index (κ1) is 20.4. The molecule has 1 aliphatic heterocycles. The van der Waals surface area contributed by atoms with Gasteiger partial charge in [0.1, 0.15) is 5.75 Å². The Kier molecular flexibility index (Phi) is 5.27. The second-order valence-electron chi connectivity index (χ2n) is 6.80. The van der Waals surface area contributed by atoms with Gasteiger partial charge in [-0.3, -0.25) is 4.79 Å². The third-order valence-corrected chi connectivity index (χ3v) is 5.36. The highest BCUT2D eigenvalue weighted by Gasteiger charge is 2.31. The van der Waals surface area contributed by atoms with Crippen LogP contribution in [0.3, 0.4) is 0 Å². The molecule has 0 saturated heterocycles. The Hall–Kier alpha value is -2.88. The van der Waals surface area contributed by atoms with Gasteiger partial charge in [-0.25, -0.2) is 9.67 Å². The molecule has 30 heavy (non-hydrogen) atoms. The first-order valence-corrected chi connectivity index (χ1v) is 9.84. The summed E-state index contributed by atoms with van der Waals surface area (Å²) < 4.78 is 46.1. The first-order chi connectivity index (χ1) is 14.2. The summed E-state index contributed by atoms with van der Waals surface area (Å²) in [6.07, 6.45) is -1.73. The SMILES string of the molecule is Cc1c(C(=O)NC2CCOc3ccc(Br)cc32)cnn1-c1ccc(C(F)(F)F)cn1. The van der Waals surface area contributed by atoms with Crippen LogP contribution in [0.1, 0.15) is 39.6 Å². The van der Waals surface area contributed by atoms with Crippen molar-refractivity contribution in [1.29, 1.82) is 0 Å². The van der Waals surface area contributed by atoms with Crippen molar-refractivity contribution < 1.29 is 22.7 Å². The van der Waals surface area contributed by atoms with Crippen LogP contribution in [-0.4, -0.2) is 27.3 Å². The van der Waals surface area contributed by atoms with Crippen molar-refractivity contribution >= 4 is 21.8 Å². The second-order valence-corrected chi connectivity index (χ2v) is 7.72. The number of carbonyl (C=O) groups is 1. The van der Waals surface area contributed by atoms with Gasteiger partial charge in [0.25, 0.3) is 5.91 Å². The largest absolute Gasteiger partial charge is 0.493 e. The summed E-state index contributed by atoms with van der Waals surface area (Å²) in [6, 6.07) is 7.54. The predicted octanol–water partition coefficient (Wildman–Crippen LogP) is 4.61. The van der Waals surface area contributed by atoms with Crippen molar-refractivity contribution in [1.82, 2.24) is 20.1 Å². The molecule has 3 heterocycles. The van der Waals surface area contributed by atoms with E-state index in [4.69, 9.17) is 4.74 Å². The average molecular weight is 481 g/mol. The maximum Gasteiger partial charge on any atom is 0.417 e. The molecule has 0 bridgehead atoms. The zero-order chi connectivity index (χ0) is 21.5. The van der Waals surface area contributed by atoms with E-state index < -0.39 is 11.7 Å². The van der Waals surface area contributed by atoms with E-state index in [2.05, 4.69) is 31.3 Å². The van der Waals surface area contributed by atoms with Gasteiger partial charge in [0, 0.05) is 22.7 Å². The molecule has 0 fully saturated rings. The molecule has 156 valence electrons. The van der Waals surface area contributed by atoms with E-state index in [0.29, 0.717) is 24.3 Å². The molecule has 4 rings (SSSR count). The maximum atomic E-state index is 12.9. The number of hydrogen-bond donors (Lipinski definition) is 1. The molecule has 1 N–H and O–H groups in total. The van der Waals surface area contributed by atoms with Crippen molar-refractivity contribution in [2.45, 2.75) is 25.6 Å². The second kappa shape index (κ2) is 7.75. The molecule has 1 amide bonds. The zero-order valence-electron chi connectivity index (χ0n) is 15.7. The molecular formula is C20H16BrF3N4O2. The Labute approximate surface area is 178 Å². The monoisotopic (exact) mass is 480 g/mol. The van der Waals surface area contributed by atoms with Gasteiger partial charge in [0.15, 0.2) is 5.82 Å². The molecule has 0 radical (unpaired) electrons. The highest BCUT2D eigenvalue weighted by Crippen LogP contribution is 2.34. The summed E-state index contributed by atoms with van der Waals surface area (Å²) in [7, 11) is 0. The lowest BCUT2D eigenvalue weighted by molar-refractivity contribution is -0.137. The number of aromatic nitrogens is 3. The van der Waals surface area contributed by atoms with Gasteiger partial charge in [-0.05, 0) is 37.3 Å². The Bertz CT molecular complexity index is 1100. The third kappa shape index (κ3) is 3.91. The number of nitrogens with one attached hydrogen (secondary N) is 1. The number of fused-ring (bicyclic) bond motifs is 1. The van der Waals surface area contributed by atoms with Crippen molar-refractivity contribution in [2.75, 3.05) is 6.61 Å². The van der Waals surface area contributed by atoms with Crippen LogP contribution in [-0.2, 0) is 6.18 Å². The summed E-state index contributed by atoms with van der Waals surface area (Å²) in [4.78, 5) is 16.7. The number of halogens is 4. The molecule has 1 unspecified atom stereocenters. The molecule has 0 aliphatic carbocycles. The fraction of sp³-hybridized carbons (Fsp3) is 0.250. The number of nitrogens with zero attached hydrogens (tertiary/aromatic N) is 3. The number of amides is 1. The maximum absolute atomic E-state index is 12.9. The van der Waals surface area contributed by atoms with Crippen LogP contribution in [0.2, 0.25) is 0 Å². The minimum Gasteiger partial charge on any atom is -0.493 e. The summed E-state index contributed by atoms with van der Waals surface area (Å²) in [5, 5.41) is 7.12. The van der Waals surface area contributed by atoms with Crippen LogP contribution in [0.5, 0.6) is 5.75 Å². The highest BCUT2D eigenvalue weighted by atomic mass is 79.9. The van der Waals surface area contributed by atoms with Crippen molar-refractivity contribution in [3.63, 3.8) is 0 Å². The Morgan fingerprint density at radius 2 is 2.07 bits per heavy atom. The fourth-order valence-corrected chi connectivity index (χ4v) is 3.67. The molecule has 10 heteroatoms. The lowest BCUT2D eigenvalue weighted by atomic mass is 10.00. The molecule has 2 aromatic heterocycles. The molecule has 6 nitrogen and oxygen atoms in total. The topological polar surface area (TPSA) is 69.0 Å². The Balaban J connectivity index is 1.56. The van der Waals surface area contributed by atoms with Gasteiger partial charge in [-0.15, -0.1) is 0 Å². The lowest BCUT2D eigenvalue weighted by Crippen LogP contribution is -2.32.